The second kappa shape index (κ2) is 8.16. The van der Waals surface area contributed by atoms with E-state index in [1.54, 1.807) is 23.1 Å². The number of para-hydroxylation sites is 1. The van der Waals surface area contributed by atoms with Crippen LogP contribution in [0.5, 0.6) is 0 Å². The number of fused-ring (bicyclic) bond motifs is 2. The molecule has 1 amide bonds. The number of sulfonamides is 1. The molecule has 35 heavy (non-hydrogen) atoms. The van der Waals surface area contributed by atoms with E-state index < -0.39 is 21.5 Å². The second-order valence-electron chi connectivity index (χ2n) is 8.78. The smallest absolute Gasteiger partial charge is 0.268 e. The van der Waals surface area contributed by atoms with Gasteiger partial charge in [0.2, 0.25) is 10.0 Å². The molecule has 0 radical (unpaired) electrons. The van der Waals surface area contributed by atoms with Crippen molar-refractivity contribution >= 4 is 38.3 Å². The van der Waals surface area contributed by atoms with E-state index in [4.69, 9.17) is 5.14 Å². The van der Waals surface area contributed by atoms with E-state index in [0.717, 1.165) is 22.3 Å². The fourth-order valence-corrected chi connectivity index (χ4v) is 4.97. The predicted octanol–water partition coefficient (Wildman–Crippen LogP) is 2.73. The number of aromatic nitrogens is 1. The Hall–Kier alpha value is -3.79. The first-order chi connectivity index (χ1) is 16.6. The number of aliphatic hydroxyl groups is 1. The van der Waals surface area contributed by atoms with Crippen LogP contribution in [0.25, 0.3) is 10.9 Å². The minimum Gasteiger partial charge on any atom is -0.372 e. The van der Waals surface area contributed by atoms with E-state index in [0.29, 0.717) is 11.3 Å². The first-order valence-electron chi connectivity index (χ1n) is 10.9. The molecular weight excluding hydrogens is 464 g/mol. The number of amides is 1. The zero-order valence-corrected chi connectivity index (χ0v) is 20.0. The maximum atomic E-state index is 13.7. The van der Waals surface area contributed by atoms with Crippen molar-refractivity contribution in [1.82, 2.24) is 4.98 Å². The van der Waals surface area contributed by atoms with Gasteiger partial charge in [0.15, 0.2) is 5.60 Å². The molecule has 4 aromatic rings. The van der Waals surface area contributed by atoms with Crippen LogP contribution in [0.2, 0.25) is 0 Å². The normalized spacial score (nSPS) is 17.6. The fourth-order valence-electron chi connectivity index (χ4n) is 4.45. The van der Waals surface area contributed by atoms with Gasteiger partial charge in [-0.1, -0.05) is 36.4 Å². The van der Waals surface area contributed by atoms with Gasteiger partial charge in [0.05, 0.1) is 22.6 Å². The molecule has 0 fully saturated rings. The third-order valence-electron chi connectivity index (χ3n) is 6.28. The Morgan fingerprint density at radius 1 is 1.00 bits per heavy atom. The molecule has 2 heterocycles. The summed E-state index contributed by atoms with van der Waals surface area (Å²) in [6.45, 7) is 0.249. The lowest BCUT2D eigenvalue weighted by atomic mass is 9.87. The highest BCUT2D eigenvalue weighted by atomic mass is 32.2. The molecule has 0 saturated heterocycles. The summed E-state index contributed by atoms with van der Waals surface area (Å²) in [5.74, 6) is 0.343. The number of nitrogens with two attached hydrogens (primary N) is 1. The molecule has 1 aliphatic heterocycles. The molecule has 1 aliphatic rings. The van der Waals surface area contributed by atoms with Crippen LogP contribution < -0.4 is 14.9 Å². The summed E-state index contributed by atoms with van der Waals surface area (Å²) in [4.78, 5) is 21.7. The van der Waals surface area contributed by atoms with Crippen LogP contribution in [0, 0.1) is 0 Å². The molecule has 0 saturated carbocycles. The van der Waals surface area contributed by atoms with Crippen molar-refractivity contribution in [2.24, 2.45) is 5.14 Å². The van der Waals surface area contributed by atoms with Crippen LogP contribution >= 0.6 is 0 Å². The molecule has 1 atom stereocenters. The predicted molar refractivity (Wildman–Crippen MR) is 135 cm³/mol. The van der Waals surface area contributed by atoms with Gasteiger partial charge in [-0.2, -0.15) is 0 Å². The topological polar surface area (TPSA) is 117 Å². The minimum absolute atomic E-state index is 0.0948. The van der Waals surface area contributed by atoms with Gasteiger partial charge in [0, 0.05) is 25.0 Å². The molecule has 5 rings (SSSR count). The van der Waals surface area contributed by atoms with Crippen LogP contribution in [0.1, 0.15) is 16.7 Å². The van der Waals surface area contributed by atoms with Gasteiger partial charge in [-0.3, -0.25) is 4.79 Å². The molecule has 9 heteroatoms. The van der Waals surface area contributed by atoms with Crippen molar-refractivity contribution in [3.8, 4) is 0 Å². The van der Waals surface area contributed by atoms with Crippen molar-refractivity contribution < 1.29 is 18.3 Å². The number of carbonyl (C=O) groups excluding carboxylic acids is 1. The lowest BCUT2D eigenvalue weighted by Gasteiger charge is -2.24. The number of carbonyl (C=O) groups is 1. The highest BCUT2D eigenvalue weighted by molar-refractivity contribution is 7.89. The van der Waals surface area contributed by atoms with Crippen molar-refractivity contribution in [2.75, 3.05) is 23.9 Å². The van der Waals surface area contributed by atoms with Gasteiger partial charge in [-0.25, -0.2) is 18.5 Å². The molecule has 3 N–H and O–H groups in total. The summed E-state index contributed by atoms with van der Waals surface area (Å²) in [5, 5.41) is 17.8. The largest absolute Gasteiger partial charge is 0.372 e. The summed E-state index contributed by atoms with van der Waals surface area (Å²) in [7, 11) is -0.0324. The molecular formula is C26H24N4O4S. The van der Waals surface area contributed by atoms with E-state index in [1.807, 2.05) is 55.4 Å². The van der Waals surface area contributed by atoms with Gasteiger partial charge in [-0.05, 0) is 53.6 Å². The van der Waals surface area contributed by atoms with E-state index in [9.17, 15) is 18.3 Å². The van der Waals surface area contributed by atoms with Crippen LogP contribution in [0.4, 0.5) is 11.5 Å². The van der Waals surface area contributed by atoms with Crippen molar-refractivity contribution in [3.05, 3.63) is 95.6 Å². The van der Waals surface area contributed by atoms with E-state index >= 15 is 0 Å². The lowest BCUT2D eigenvalue weighted by molar-refractivity contribution is -0.132. The highest BCUT2D eigenvalue weighted by Crippen LogP contribution is 2.45. The summed E-state index contributed by atoms with van der Waals surface area (Å²) in [6, 6.07) is 22.2. The Morgan fingerprint density at radius 3 is 2.40 bits per heavy atom. The standard InChI is InChI=1S/C26H24N4O4S/c1-29(2)24-14-8-18-15-17(7-13-22(18)28-24)16-30-23-6-4-3-5-21(23)26(32,25(30)31)19-9-11-20(12-10-19)35(27,33)34/h3-15,32H,16H2,1-2H3,(H2,27,33,34). The second-order valence-corrected chi connectivity index (χ2v) is 10.3. The molecule has 0 bridgehead atoms. The first kappa shape index (κ1) is 23.0. The molecule has 178 valence electrons. The summed E-state index contributed by atoms with van der Waals surface area (Å²) >= 11 is 0. The summed E-state index contributed by atoms with van der Waals surface area (Å²) < 4.78 is 23.3. The van der Waals surface area contributed by atoms with Gasteiger partial charge in [0.25, 0.3) is 5.91 Å². The van der Waals surface area contributed by atoms with Gasteiger partial charge in [0.1, 0.15) is 5.82 Å². The number of rotatable bonds is 5. The molecule has 0 spiro atoms. The van der Waals surface area contributed by atoms with E-state index in [-0.39, 0.29) is 17.0 Å². The van der Waals surface area contributed by atoms with Crippen molar-refractivity contribution in [1.29, 1.82) is 0 Å². The molecule has 3 aromatic carbocycles. The lowest BCUT2D eigenvalue weighted by Crippen LogP contribution is -2.40. The summed E-state index contributed by atoms with van der Waals surface area (Å²) in [5.41, 5.74) is 1.08. The van der Waals surface area contributed by atoms with Gasteiger partial charge in [-0.15, -0.1) is 0 Å². The Labute approximate surface area is 203 Å². The Balaban J connectivity index is 1.53. The zero-order chi connectivity index (χ0) is 25.0. The van der Waals surface area contributed by atoms with Crippen LogP contribution in [0.15, 0.2) is 83.8 Å². The monoisotopic (exact) mass is 488 g/mol. The third kappa shape index (κ3) is 3.83. The first-order valence-corrected chi connectivity index (χ1v) is 12.5. The average molecular weight is 489 g/mol. The number of nitrogens with zero attached hydrogens (tertiary/aromatic N) is 3. The van der Waals surface area contributed by atoms with E-state index in [1.165, 1.54) is 24.3 Å². The molecule has 1 aromatic heterocycles. The number of anilines is 2. The molecule has 1 unspecified atom stereocenters. The quantitative estimate of drug-likeness (QED) is 0.446. The maximum Gasteiger partial charge on any atom is 0.268 e. The van der Waals surface area contributed by atoms with Crippen molar-refractivity contribution in [2.45, 2.75) is 17.0 Å². The zero-order valence-electron chi connectivity index (χ0n) is 19.2. The highest BCUT2D eigenvalue weighted by Gasteiger charge is 2.50. The number of hydrogen-bond donors (Lipinski definition) is 2. The number of pyridine rings is 1. The average Bonchev–Trinajstić information content (AvgIpc) is 3.06. The van der Waals surface area contributed by atoms with Crippen LogP contribution in [0.3, 0.4) is 0 Å². The van der Waals surface area contributed by atoms with Gasteiger partial charge >= 0.3 is 0 Å². The number of benzene rings is 3. The number of hydrogen-bond acceptors (Lipinski definition) is 6. The Kier molecular flexibility index (Phi) is 5.36. The SMILES string of the molecule is CN(C)c1ccc2cc(CN3C(=O)C(O)(c4ccc(S(N)(=O)=O)cc4)c4ccccc43)ccc2n1. The molecule has 8 nitrogen and oxygen atoms in total. The third-order valence-corrected chi connectivity index (χ3v) is 7.21. The minimum atomic E-state index is -3.90. The van der Waals surface area contributed by atoms with Crippen molar-refractivity contribution in [3.63, 3.8) is 0 Å². The summed E-state index contributed by atoms with van der Waals surface area (Å²) in [6.07, 6.45) is 0. The Morgan fingerprint density at radius 2 is 1.71 bits per heavy atom. The Bertz CT molecular complexity index is 1570. The van der Waals surface area contributed by atoms with Gasteiger partial charge < -0.3 is 14.9 Å². The maximum absolute atomic E-state index is 13.7. The molecule has 0 aliphatic carbocycles. The fraction of sp³-hybridized carbons (Fsp3) is 0.154. The van der Waals surface area contributed by atoms with Crippen LogP contribution in [-0.2, 0) is 27.0 Å². The number of primary sulfonamides is 1. The van der Waals surface area contributed by atoms with Crippen LogP contribution in [-0.4, -0.2) is 38.5 Å². The van der Waals surface area contributed by atoms with E-state index in [2.05, 4.69) is 4.98 Å².